The van der Waals surface area contributed by atoms with Gasteiger partial charge in [0.15, 0.2) is 0 Å². The van der Waals surface area contributed by atoms with Gasteiger partial charge in [0.1, 0.15) is 0 Å². The Labute approximate surface area is 194 Å². The van der Waals surface area contributed by atoms with E-state index in [1.807, 2.05) is 54.3 Å². The molecule has 2 N–H and O–H groups in total. The van der Waals surface area contributed by atoms with Gasteiger partial charge in [-0.25, -0.2) is 0 Å². The highest BCUT2D eigenvalue weighted by Gasteiger charge is 2.33. The van der Waals surface area contributed by atoms with Crippen LogP contribution in [0.25, 0.3) is 0 Å². The molecule has 0 bridgehead atoms. The number of rotatable bonds is 5. The maximum atomic E-state index is 12.8. The minimum absolute atomic E-state index is 0.0595. The molecule has 0 aromatic heterocycles. The molecule has 0 radical (unpaired) electrons. The van der Waals surface area contributed by atoms with Crippen LogP contribution < -0.4 is 10.2 Å². The van der Waals surface area contributed by atoms with Crippen molar-refractivity contribution in [1.29, 1.82) is 0 Å². The minimum Gasteiger partial charge on any atom is -0.481 e. The van der Waals surface area contributed by atoms with Gasteiger partial charge >= 0.3 is 5.97 Å². The first-order valence-corrected chi connectivity index (χ1v) is 11.7. The fourth-order valence-corrected chi connectivity index (χ4v) is 4.92. The van der Waals surface area contributed by atoms with Crippen LogP contribution in [0.1, 0.15) is 61.5 Å². The molecular weight excluding hydrogens is 418 g/mol. The van der Waals surface area contributed by atoms with Gasteiger partial charge in [0.2, 0.25) is 5.91 Å². The lowest BCUT2D eigenvalue weighted by atomic mass is 9.91. The topological polar surface area (TPSA) is 90.0 Å². The highest BCUT2D eigenvalue weighted by Crippen LogP contribution is 2.39. The van der Waals surface area contributed by atoms with Crippen LogP contribution in [0.15, 0.2) is 48.5 Å². The fourth-order valence-electron chi connectivity index (χ4n) is 4.92. The number of hydrogen-bond donors (Lipinski definition) is 2. The van der Waals surface area contributed by atoms with Gasteiger partial charge in [-0.05, 0) is 62.1 Å². The third-order valence-corrected chi connectivity index (χ3v) is 6.76. The third kappa shape index (κ3) is 4.72. The first-order chi connectivity index (χ1) is 15.9. The standard InChI is InChI=1S/C26H31N3O4/c1-3-24(30)29-17(2)16-22(21-6-4-5-7-23(21)29)27-20-10-8-18(9-11-20)25(31)28-14-12-19(13-15-28)26(32)33/h4-11,17,19,22,27H,3,12-16H2,1-2H3,(H,32,33)/t17-,22+/m0/s1. The summed E-state index contributed by atoms with van der Waals surface area (Å²) in [5.41, 5.74) is 3.57. The quantitative estimate of drug-likeness (QED) is 0.710. The lowest BCUT2D eigenvalue weighted by Crippen LogP contribution is -2.44. The molecule has 1 saturated heterocycles. The van der Waals surface area contributed by atoms with E-state index in [1.54, 1.807) is 4.90 Å². The molecule has 174 valence electrons. The van der Waals surface area contributed by atoms with Crippen LogP contribution in [0.3, 0.4) is 0 Å². The number of carbonyl (C=O) groups excluding carboxylic acids is 2. The number of piperidine rings is 1. The Bertz CT molecular complexity index is 1030. The van der Waals surface area contributed by atoms with Gasteiger partial charge in [-0.1, -0.05) is 25.1 Å². The van der Waals surface area contributed by atoms with Crippen molar-refractivity contribution in [2.45, 2.75) is 51.6 Å². The van der Waals surface area contributed by atoms with Crippen LogP contribution in [0, 0.1) is 5.92 Å². The van der Waals surface area contributed by atoms with E-state index in [-0.39, 0.29) is 29.8 Å². The molecular formula is C26H31N3O4. The zero-order valence-electron chi connectivity index (χ0n) is 19.2. The van der Waals surface area contributed by atoms with Crippen molar-refractivity contribution in [2.75, 3.05) is 23.3 Å². The number of nitrogens with zero attached hydrogens (tertiary/aromatic N) is 2. The van der Waals surface area contributed by atoms with Crippen molar-refractivity contribution in [2.24, 2.45) is 5.92 Å². The van der Waals surface area contributed by atoms with Gasteiger partial charge in [-0.2, -0.15) is 0 Å². The summed E-state index contributed by atoms with van der Waals surface area (Å²) in [6, 6.07) is 15.6. The van der Waals surface area contributed by atoms with E-state index in [4.69, 9.17) is 5.11 Å². The van der Waals surface area contributed by atoms with E-state index in [0.29, 0.717) is 37.9 Å². The van der Waals surface area contributed by atoms with Crippen LogP contribution in [-0.2, 0) is 9.59 Å². The Balaban J connectivity index is 1.45. The van der Waals surface area contributed by atoms with Gasteiger partial charge in [0, 0.05) is 42.5 Å². The SMILES string of the molecule is CCC(=O)N1c2ccccc2[C@H](Nc2ccc(C(=O)N3CCC(C(=O)O)CC3)cc2)C[C@@H]1C. The summed E-state index contributed by atoms with van der Waals surface area (Å²) in [6.07, 6.45) is 2.26. The highest BCUT2D eigenvalue weighted by molar-refractivity contribution is 5.96. The van der Waals surface area contributed by atoms with Gasteiger partial charge in [0.05, 0.1) is 12.0 Å². The van der Waals surface area contributed by atoms with E-state index >= 15 is 0 Å². The minimum atomic E-state index is -0.779. The first-order valence-electron chi connectivity index (χ1n) is 11.7. The van der Waals surface area contributed by atoms with Gasteiger partial charge < -0.3 is 20.2 Å². The average Bonchev–Trinajstić information content (AvgIpc) is 2.84. The number of carbonyl (C=O) groups is 3. The second-order valence-electron chi connectivity index (χ2n) is 8.94. The molecule has 4 rings (SSSR count). The molecule has 0 saturated carbocycles. The Morgan fingerprint density at radius 2 is 1.70 bits per heavy atom. The number of carboxylic acids is 1. The molecule has 2 amide bonds. The smallest absolute Gasteiger partial charge is 0.306 e. The number of likely N-dealkylation sites (tertiary alicyclic amines) is 1. The van der Waals surface area contributed by atoms with Gasteiger partial charge in [-0.3, -0.25) is 14.4 Å². The van der Waals surface area contributed by atoms with E-state index in [1.165, 1.54) is 0 Å². The molecule has 0 unspecified atom stereocenters. The third-order valence-electron chi connectivity index (χ3n) is 6.76. The predicted octanol–water partition coefficient (Wildman–Crippen LogP) is 4.31. The molecule has 2 aliphatic heterocycles. The van der Waals surface area contributed by atoms with Gasteiger partial charge in [-0.15, -0.1) is 0 Å². The number of anilines is 2. The summed E-state index contributed by atoms with van der Waals surface area (Å²) < 4.78 is 0. The Kier molecular flexibility index (Phi) is 6.67. The summed E-state index contributed by atoms with van der Waals surface area (Å²) in [5, 5.41) is 12.7. The molecule has 0 spiro atoms. The Morgan fingerprint density at radius 1 is 1.03 bits per heavy atom. The van der Waals surface area contributed by atoms with Crippen molar-refractivity contribution in [3.63, 3.8) is 0 Å². The van der Waals surface area contributed by atoms with E-state index in [9.17, 15) is 14.4 Å². The molecule has 33 heavy (non-hydrogen) atoms. The van der Waals surface area contributed by atoms with Crippen LogP contribution in [-0.4, -0.2) is 46.9 Å². The molecule has 2 heterocycles. The van der Waals surface area contributed by atoms with Crippen molar-refractivity contribution in [3.05, 3.63) is 59.7 Å². The second-order valence-corrected chi connectivity index (χ2v) is 8.94. The zero-order chi connectivity index (χ0) is 23.5. The number of carboxylic acid groups (broad SMARTS) is 1. The number of hydrogen-bond acceptors (Lipinski definition) is 4. The Morgan fingerprint density at radius 3 is 2.33 bits per heavy atom. The lowest BCUT2D eigenvalue weighted by molar-refractivity contribution is -0.143. The van der Waals surface area contributed by atoms with Gasteiger partial charge in [0.25, 0.3) is 5.91 Å². The van der Waals surface area contributed by atoms with Crippen LogP contribution in [0.4, 0.5) is 11.4 Å². The van der Waals surface area contributed by atoms with Crippen LogP contribution in [0.2, 0.25) is 0 Å². The summed E-state index contributed by atoms with van der Waals surface area (Å²) >= 11 is 0. The summed E-state index contributed by atoms with van der Waals surface area (Å²) in [5.74, 6) is -1.07. The monoisotopic (exact) mass is 449 g/mol. The molecule has 2 atom stereocenters. The number of fused-ring (bicyclic) bond motifs is 1. The number of benzene rings is 2. The highest BCUT2D eigenvalue weighted by atomic mass is 16.4. The molecule has 0 aliphatic carbocycles. The molecule has 7 heteroatoms. The maximum Gasteiger partial charge on any atom is 0.306 e. The van der Waals surface area contributed by atoms with Crippen molar-refractivity contribution in [1.82, 2.24) is 4.90 Å². The average molecular weight is 450 g/mol. The molecule has 7 nitrogen and oxygen atoms in total. The van der Waals surface area contributed by atoms with Crippen molar-refractivity contribution >= 4 is 29.2 Å². The number of nitrogens with one attached hydrogen (secondary N) is 1. The second kappa shape index (κ2) is 9.65. The van der Waals surface area contributed by atoms with Crippen LogP contribution >= 0.6 is 0 Å². The van der Waals surface area contributed by atoms with E-state index < -0.39 is 5.97 Å². The molecule has 2 aromatic rings. The number of aliphatic carboxylic acids is 1. The molecule has 2 aliphatic rings. The van der Waals surface area contributed by atoms with E-state index in [2.05, 4.69) is 18.3 Å². The van der Waals surface area contributed by atoms with Crippen LogP contribution in [0.5, 0.6) is 0 Å². The number of amides is 2. The Hall–Kier alpha value is -3.35. The maximum absolute atomic E-state index is 12.8. The van der Waals surface area contributed by atoms with Crippen molar-refractivity contribution in [3.8, 4) is 0 Å². The molecule has 1 fully saturated rings. The first kappa shape index (κ1) is 22.8. The van der Waals surface area contributed by atoms with E-state index in [0.717, 1.165) is 23.4 Å². The normalized spacial score (nSPS) is 20.8. The number of para-hydroxylation sites is 1. The van der Waals surface area contributed by atoms with Crippen molar-refractivity contribution < 1.29 is 19.5 Å². The molecule has 2 aromatic carbocycles. The summed E-state index contributed by atoms with van der Waals surface area (Å²) in [7, 11) is 0. The summed E-state index contributed by atoms with van der Waals surface area (Å²) in [4.78, 5) is 40.1. The zero-order valence-corrected chi connectivity index (χ0v) is 19.2. The predicted molar refractivity (Wildman–Crippen MR) is 127 cm³/mol. The summed E-state index contributed by atoms with van der Waals surface area (Å²) in [6.45, 7) is 4.91. The lowest BCUT2D eigenvalue weighted by Gasteiger charge is -2.40. The largest absolute Gasteiger partial charge is 0.481 e. The fraction of sp³-hybridized carbons (Fsp3) is 0.423.